The van der Waals surface area contributed by atoms with E-state index < -0.39 is 10.0 Å². The van der Waals surface area contributed by atoms with Gasteiger partial charge in [-0.05, 0) is 67.4 Å². The van der Waals surface area contributed by atoms with Crippen LogP contribution in [0.5, 0.6) is 0 Å². The van der Waals surface area contributed by atoms with Crippen LogP contribution in [0.4, 0.5) is 0 Å². The third-order valence-electron chi connectivity index (χ3n) is 5.81. The largest absolute Gasteiger partial charge is 0.268 e. The molecule has 0 unspecified atom stereocenters. The Morgan fingerprint density at radius 2 is 1.26 bits per heavy atom. The van der Waals surface area contributed by atoms with Crippen molar-refractivity contribution in [2.45, 2.75) is 25.7 Å². The van der Waals surface area contributed by atoms with Gasteiger partial charge in [0.25, 0.3) is 10.0 Å². The van der Waals surface area contributed by atoms with Crippen LogP contribution in [-0.4, -0.2) is 12.4 Å². The molecule has 3 nitrogen and oxygen atoms in total. The fraction of sp³-hybridized carbons (Fsp3) is 0.111. The molecule has 0 N–H and O–H groups in total. The van der Waals surface area contributed by atoms with E-state index >= 15 is 0 Å². The summed E-state index contributed by atoms with van der Waals surface area (Å²) in [6, 6.07) is 25.6. The Morgan fingerprint density at radius 3 is 2.03 bits per heavy atom. The van der Waals surface area contributed by atoms with Crippen LogP contribution in [0.2, 0.25) is 0 Å². The molecule has 0 radical (unpaired) electrons. The third-order valence-corrected chi connectivity index (χ3v) is 7.50. The summed E-state index contributed by atoms with van der Waals surface area (Å²) < 4.78 is 28.4. The number of fused-ring (bicyclic) bond motifs is 2. The lowest BCUT2D eigenvalue weighted by molar-refractivity contribution is 0.589. The molecule has 0 fully saturated rings. The Bertz CT molecular complexity index is 1560. The molecule has 0 aliphatic heterocycles. The minimum absolute atomic E-state index is 0.288. The van der Waals surface area contributed by atoms with Crippen molar-refractivity contribution in [3.8, 4) is 11.1 Å². The van der Waals surface area contributed by atoms with Crippen LogP contribution in [0.3, 0.4) is 0 Å². The maximum Gasteiger partial charge on any atom is 0.268 e. The first-order valence-corrected chi connectivity index (χ1v) is 11.7. The number of aromatic nitrogens is 1. The van der Waals surface area contributed by atoms with Crippen LogP contribution in [0, 0.1) is 20.8 Å². The molecule has 0 aliphatic rings. The Morgan fingerprint density at radius 1 is 0.645 bits per heavy atom. The number of hydrogen-bond donors (Lipinski definition) is 0. The second-order valence-electron chi connectivity index (χ2n) is 8.24. The Kier molecular flexibility index (Phi) is 4.49. The molecule has 0 bridgehead atoms. The molecule has 4 heteroatoms. The zero-order valence-electron chi connectivity index (χ0n) is 17.8. The van der Waals surface area contributed by atoms with Crippen molar-refractivity contribution in [2.75, 3.05) is 0 Å². The van der Waals surface area contributed by atoms with Crippen LogP contribution in [0.1, 0.15) is 16.7 Å². The number of hydrogen-bond acceptors (Lipinski definition) is 2. The summed E-state index contributed by atoms with van der Waals surface area (Å²) in [6.45, 7) is 6.06. The normalized spacial score (nSPS) is 12.0. The lowest BCUT2D eigenvalue weighted by atomic mass is 9.99. The Balaban J connectivity index is 1.76. The first kappa shape index (κ1) is 19.6. The molecular formula is C27H23NO2S. The zero-order valence-corrected chi connectivity index (χ0v) is 18.6. The van der Waals surface area contributed by atoms with E-state index in [2.05, 4.69) is 49.4 Å². The fourth-order valence-electron chi connectivity index (χ4n) is 4.10. The summed E-state index contributed by atoms with van der Waals surface area (Å²) in [7, 11) is -3.71. The van der Waals surface area contributed by atoms with Crippen molar-refractivity contribution < 1.29 is 8.42 Å². The molecule has 0 atom stereocenters. The molecule has 31 heavy (non-hydrogen) atoms. The standard InChI is InChI=1S/C27H23NO2S/c1-18-5-11-24(12-6-18)31(29,30)28-17-26(25-15-20(3)7-13-27(25)28)23-10-9-21-14-19(2)4-8-22(21)16-23/h4-17H,1-3H3. The molecule has 1 aromatic heterocycles. The first-order chi connectivity index (χ1) is 14.8. The van der Waals surface area contributed by atoms with Crippen molar-refractivity contribution in [1.82, 2.24) is 3.97 Å². The maximum atomic E-state index is 13.5. The molecule has 0 saturated heterocycles. The van der Waals surface area contributed by atoms with E-state index in [1.54, 1.807) is 18.3 Å². The molecule has 5 aromatic rings. The number of benzene rings is 4. The minimum atomic E-state index is -3.71. The summed E-state index contributed by atoms with van der Waals surface area (Å²) in [6.07, 6.45) is 1.76. The van der Waals surface area contributed by atoms with Crippen molar-refractivity contribution in [3.05, 3.63) is 102 Å². The highest BCUT2D eigenvalue weighted by atomic mass is 32.2. The zero-order chi connectivity index (χ0) is 21.8. The van der Waals surface area contributed by atoms with E-state index in [1.807, 2.05) is 38.1 Å². The van der Waals surface area contributed by atoms with Crippen molar-refractivity contribution in [1.29, 1.82) is 0 Å². The lowest BCUT2D eigenvalue weighted by Gasteiger charge is -2.08. The molecule has 0 amide bonds. The first-order valence-electron chi connectivity index (χ1n) is 10.3. The molecule has 5 rings (SSSR count). The fourth-order valence-corrected chi connectivity index (χ4v) is 5.47. The van der Waals surface area contributed by atoms with Gasteiger partial charge < -0.3 is 0 Å². The number of rotatable bonds is 3. The molecule has 1 heterocycles. The van der Waals surface area contributed by atoms with Crippen molar-refractivity contribution in [3.63, 3.8) is 0 Å². The van der Waals surface area contributed by atoms with Crippen LogP contribution in [0.15, 0.2) is 90.0 Å². The smallest absolute Gasteiger partial charge is 0.241 e. The quantitative estimate of drug-likeness (QED) is 0.326. The van der Waals surface area contributed by atoms with Crippen LogP contribution < -0.4 is 0 Å². The van der Waals surface area contributed by atoms with Crippen molar-refractivity contribution >= 4 is 31.7 Å². The maximum absolute atomic E-state index is 13.5. The monoisotopic (exact) mass is 425 g/mol. The molecule has 0 saturated carbocycles. The van der Waals surface area contributed by atoms with Gasteiger partial charge in [0.1, 0.15) is 0 Å². The summed E-state index contributed by atoms with van der Waals surface area (Å²) >= 11 is 0. The average Bonchev–Trinajstić information content (AvgIpc) is 3.13. The van der Waals surface area contributed by atoms with Gasteiger partial charge in [0, 0.05) is 17.1 Å². The molecule has 0 spiro atoms. The topological polar surface area (TPSA) is 39.1 Å². The second-order valence-corrected chi connectivity index (χ2v) is 10.1. The molecule has 154 valence electrons. The Hall–Kier alpha value is -3.37. The van der Waals surface area contributed by atoms with Crippen LogP contribution in [-0.2, 0) is 10.0 Å². The number of nitrogens with zero attached hydrogens (tertiary/aromatic N) is 1. The third kappa shape index (κ3) is 3.33. The van der Waals surface area contributed by atoms with E-state index in [1.165, 1.54) is 14.9 Å². The highest BCUT2D eigenvalue weighted by molar-refractivity contribution is 7.90. The average molecular weight is 426 g/mol. The van der Waals surface area contributed by atoms with Gasteiger partial charge in [-0.25, -0.2) is 12.4 Å². The molecule has 0 aliphatic carbocycles. The van der Waals surface area contributed by atoms with Gasteiger partial charge in [0.05, 0.1) is 10.4 Å². The predicted molar refractivity (Wildman–Crippen MR) is 128 cm³/mol. The van der Waals surface area contributed by atoms with Gasteiger partial charge >= 0.3 is 0 Å². The summed E-state index contributed by atoms with van der Waals surface area (Å²) in [5.74, 6) is 0. The minimum Gasteiger partial charge on any atom is -0.241 e. The van der Waals surface area contributed by atoms with E-state index in [0.29, 0.717) is 5.52 Å². The van der Waals surface area contributed by atoms with Gasteiger partial charge in [0.2, 0.25) is 0 Å². The van der Waals surface area contributed by atoms with Gasteiger partial charge in [0.15, 0.2) is 0 Å². The molecule has 4 aromatic carbocycles. The second kappa shape index (κ2) is 7.10. The highest BCUT2D eigenvalue weighted by Gasteiger charge is 2.22. The summed E-state index contributed by atoms with van der Waals surface area (Å²) in [5.41, 5.74) is 5.94. The SMILES string of the molecule is Cc1ccc(S(=O)(=O)n2cc(-c3ccc4cc(C)ccc4c3)c3cc(C)ccc32)cc1. The lowest BCUT2D eigenvalue weighted by Crippen LogP contribution is -2.11. The summed E-state index contributed by atoms with van der Waals surface area (Å²) in [4.78, 5) is 0.288. The van der Waals surface area contributed by atoms with Crippen molar-refractivity contribution in [2.24, 2.45) is 0 Å². The summed E-state index contributed by atoms with van der Waals surface area (Å²) in [5, 5.41) is 3.25. The predicted octanol–water partition coefficient (Wildman–Crippen LogP) is 6.62. The molecular weight excluding hydrogens is 402 g/mol. The van der Waals surface area contributed by atoms with E-state index in [-0.39, 0.29) is 4.90 Å². The van der Waals surface area contributed by atoms with Gasteiger partial charge in [-0.15, -0.1) is 0 Å². The number of aryl methyl sites for hydroxylation is 3. The van der Waals surface area contributed by atoms with E-state index in [9.17, 15) is 8.42 Å². The van der Waals surface area contributed by atoms with E-state index in [0.717, 1.165) is 33.0 Å². The van der Waals surface area contributed by atoms with Gasteiger partial charge in [-0.1, -0.05) is 65.2 Å². The Labute approximate surface area is 182 Å². The van der Waals surface area contributed by atoms with Crippen LogP contribution in [0.25, 0.3) is 32.8 Å². The highest BCUT2D eigenvalue weighted by Crippen LogP contribution is 2.35. The van der Waals surface area contributed by atoms with Gasteiger partial charge in [-0.3, -0.25) is 0 Å². The van der Waals surface area contributed by atoms with E-state index in [4.69, 9.17) is 0 Å². The van der Waals surface area contributed by atoms with Crippen LogP contribution >= 0.6 is 0 Å². The van der Waals surface area contributed by atoms with Gasteiger partial charge in [-0.2, -0.15) is 0 Å².